The van der Waals surface area contributed by atoms with Crippen LogP contribution in [0.5, 0.6) is 0 Å². The van der Waals surface area contributed by atoms with E-state index < -0.39 is 0 Å². The number of hydrogen-bond donors (Lipinski definition) is 1. The normalized spacial score (nSPS) is 24.1. The van der Waals surface area contributed by atoms with Gasteiger partial charge in [-0.15, -0.1) is 0 Å². The van der Waals surface area contributed by atoms with Gasteiger partial charge in [0.2, 0.25) is 0 Å². The molecule has 1 aliphatic rings. The summed E-state index contributed by atoms with van der Waals surface area (Å²) in [5.74, 6) is 0. The van der Waals surface area contributed by atoms with Gasteiger partial charge >= 0.3 is 0 Å². The summed E-state index contributed by atoms with van der Waals surface area (Å²) in [5.41, 5.74) is -0.359. The smallest absolute Gasteiger partial charge is 0.104 e. The number of unbranched alkanes of at least 4 members (excludes halogenated alkanes) is 1. The zero-order valence-corrected chi connectivity index (χ0v) is 13.2. The molecule has 2 unspecified atom stereocenters. The first-order valence-electron chi connectivity index (χ1n) is 7.90. The van der Waals surface area contributed by atoms with Gasteiger partial charge in [0, 0.05) is 12.1 Å². The fourth-order valence-electron chi connectivity index (χ4n) is 3.08. The number of rotatable bonds is 7. The number of likely N-dealkylation sites (tertiary alicyclic amines) is 1. The van der Waals surface area contributed by atoms with Crippen molar-refractivity contribution in [2.24, 2.45) is 0 Å². The molecule has 0 aromatic heterocycles. The van der Waals surface area contributed by atoms with Crippen LogP contribution in [-0.4, -0.2) is 35.6 Å². The van der Waals surface area contributed by atoms with E-state index in [9.17, 15) is 5.26 Å². The van der Waals surface area contributed by atoms with Crippen LogP contribution in [0.3, 0.4) is 0 Å². The van der Waals surface area contributed by atoms with Crippen molar-refractivity contribution < 1.29 is 0 Å². The van der Waals surface area contributed by atoms with Crippen molar-refractivity contribution in [2.45, 2.75) is 83.8 Å². The van der Waals surface area contributed by atoms with Crippen LogP contribution < -0.4 is 5.32 Å². The summed E-state index contributed by atoms with van der Waals surface area (Å²) in [6, 6.07) is 3.55. The Morgan fingerprint density at radius 3 is 2.68 bits per heavy atom. The summed E-state index contributed by atoms with van der Waals surface area (Å²) in [5, 5.41) is 12.7. The highest BCUT2D eigenvalue weighted by atomic mass is 15.1. The van der Waals surface area contributed by atoms with Gasteiger partial charge < -0.3 is 4.90 Å². The van der Waals surface area contributed by atoms with Gasteiger partial charge in [0.15, 0.2) is 0 Å². The first-order valence-corrected chi connectivity index (χ1v) is 7.90. The van der Waals surface area contributed by atoms with Gasteiger partial charge in [-0.1, -0.05) is 6.42 Å². The van der Waals surface area contributed by atoms with E-state index in [1.165, 1.54) is 38.8 Å². The van der Waals surface area contributed by atoms with Crippen molar-refractivity contribution in [1.82, 2.24) is 10.2 Å². The third-order valence-corrected chi connectivity index (χ3v) is 4.17. The van der Waals surface area contributed by atoms with Crippen molar-refractivity contribution in [2.75, 3.05) is 13.1 Å². The fraction of sp³-hybridized carbons (Fsp3) is 0.938. The van der Waals surface area contributed by atoms with E-state index in [2.05, 4.69) is 37.1 Å². The van der Waals surface area contributed by atoms with Crippen LogP contribution >= 0.6 is 0 Å². The molecule has 2 atom stereocenters. The quantitative estimate of drug-likeness (QED) is 0.718. The van der Waals surface area contributed by atoms with Gasteiger partial charge in [-0.25, -0.2) is 0 Å². The second kappa shape index (κ2) is 7.87. The SMILES string of the molecule is CC(C)NC(C)(C#N)CCCCN1CCCCC1C. The molecule has 0 spiro atoms. The lowest BCUT2D eigenvalue weighted by Gasteiger charge is -2.33. The van der Waals surface area contributed by atoms with E-state index >= 15 is 0 Å². The van der Waals surface area contributed by atoms with Crippen molar-refractivity contribution in [3.8, 4) is 6.07 Å². The Bertz CT molecular complexity index is 295. The first-order chi connectivity index (χ1) is 8.97. The van der Waals surface area contributed by atoms with E-state index in [0.717, 1.165) is 18.9 Å². The second-order valence-corrected chi connectivity index (χ2v) is 6.58. The predicted molar refractivity (Wildman–Crippen MR) is 81.0 cm³/mol. The van der Waals surface area contributed by atoms with E-state index in [1.807, 2.05) is 6.92 Å². The number of nitrogens with one attached hydrogen (secondary N) is 1. The molecular weight excluding hydrogens is 234 g/mol. The average Bonchev–Trinajstić information content (AvgIpc) is 2.36. The maximum atomic E-state index is 9.30. The van der Waals surface area contributed by atoms with Crippen LogP contribution in [0, 0.1) is 11.3 Å². The zero-order valence-electron chi connectivity index (χ0n) is 13.2. The Morgan fingerprint density at radius 1 is 1.37 bits per heavy atom. The Hall–Kier alpha value is -0.590. The topological polar surface area (TPSA) is 39.1 Å². The van der Waals surface area contributed by atoms with Gasteiger partial charge in [-0.05, 0) is 72.9 Å². The third-order valence-electron chi connectivity index (χ3n) is 4.17. The highest BCUT2D eigenvalue weighted by Crippen LogP contribution is 2.18. The van der Waals surface area contributed by atoms with Crippen LogP contribution in [0.2, 0.25) is 0 Å². The molecule has 0 aliphatic carbocycles. The summed E-state index contributed by atoms with van der Waals surface area (Å²) in [6.07, 6.45) is 7.39. The van der Waals surface area contributed by atoms with Gasteiger partial charge in [-0.3, -0.25) is 5.32 Å². The van der Waals surface area contributed by atoms with Crippen molar-refractivity contribution in [3.05, 3.63) is 0 Å². The molecule has 0 aromatic carbocycles. The van der Waals surface area contributed by atoms with Gasteiger partial charge in [-0.2, -0.15) is 5.26 Å². The Labute approximate surface area is 119 Å². The first kappa shape index (κ1) is 16.5. The number of hydrogen-bond acceptors (Lipinski definition) is 3. The molecule has 0 aromatic rings. The van der Waals surface area contributed by atoms with Crippen molar-refractivity contribution in [3.63, 3.8) is 0 Å². The summed E-state index contributed by atoms with van der Waals surface area (Å²) < 4.78 is 0. The largest absolute Gasteiger partial charge is 0.301 e. The zero-order chi connectivity index (χ0) is 14.3. The minimum absolute atomic E-state index is 0.359. The molecule has 1 N–H and O–H groups in total. The Kier molecular flexibility index (Phi) is 6.82. The number of nitriles is 1. The molecule has 1 heterocycles. The summed E-state index contributed by atoms with van der Waals surface area (Å²) >= 11 is 0. The summed E-state index contributed by atoms with van der Waals surface area (Å²) in [7, 11) is 0. The summed E-state index contributed by atoms with van der Waals surface area (Å²) in [6.45, 7) is 11.0. The fourth-order valence-corrected chi connectivity index (χ4v) is 3.08. The molecule has 0 saturated carbocycles. The van der Waals surface area contributed by atoms with Crippen LogP contribution in [0.4, 0.5) is 0 Å². The Balaban J connectivity index is 2.23. The average molecular weight is 265 g/mol. The predicted octanol–water partition coefficient (Wildman–Crippen LogP) is 3.31. The third kappa shape index (κ3) is 5.93. The van der Waals surface area contributed by atoms with E-state index in [1.54, 1.807) is 0 Å². The molecule has 1 aliphatic heterocycles. The molecule has 110 valence electrons. The molecule has 1 rings (SSSR count). The summed E-state index contributed by atoms with van der Waals surface area (Å²) in [4.78, 5) is 2.61. The minimum Gasteiger partial charge on any atom is -0.301 e. The van der Waals surface area contributed by atoms with Crippen LogP contribution in [0.1, 0.15) is 66.2 Å². The highest BCUT2D eigenvalue weighted by Gasteiger charge is 2.24. The maximum Gasteiger partial charge on any atom is 0.104 e. The molecule has 0 radical (unpaired) electrons. The molecule has 3 nitrogen and oxygen atoms in total. The monoisotopic (exact) mass is 265 g/mol. The minimum atomic E-state index is -0.359. The molecular formula is C16H31N3. The van der Waals surface area contributed by atoms with E-state index in [4.69, 9.17) is 0 Å². The van der Waals surface area contributed by atoms with Crippen LogP contribution in [0.25, 0.3) is 0 Å². The van der Waals surface area contributed by atoms with E-state index in [0.29, 0.717) is 6.04 Å². The van der Waals surface area contributed by atoms with Gasteiger partial charge in [0.25, 0.3) is 0 Å². The number of nitrogens with zero attached hydrogens (tertiary/aromatic N) is 2. The Morgan fingerprint density at radius 2 is 2.11 bits per heavy atom. The molecule has 19 heavy (non-hydrogen) atoms. The lowest BCUT2D eigenvalue weighted by molar-refractivity contribution is 0.156. The lowest BCUT2D eigenvalue weighted by Crippen LogP contribution is -2.45. The molecule has 1 fully saturated rings. The number of piperidine rings is 1. The van der Waals surface area contributed by atoms with Gasteiger partial charge in [0.1, 0.15) is 5.54 Å². The second-order valence-electron chi connectivity index (χ2n) is 6.58. The molecule has 0 amide bonds. The van der Waals surface area contributed by atoms with Crippen LogP contribution in [0.15, 0.2) is 0 Å². The van der Waals surface area contributed by atoms with E-state index in [-0.39, 0.29) is 5.54 Å². The standard InChI is InChI=1S/C16H31N3/c1-14(2)18-16(4,13-17)10-6-8-12-19-11-7-5-9-15(19)3/h14-15,18H,5-12H2,1-4H3. The van der Waals surface area contributed by atoms with Crippen molar-refractivity contribution in [1.29, 1.82) is 5.26 Å². The van der Waals surface area contributed by atoms with Gasteiger partial charge in [0.05, 0.1) is 6.07 Å². The lowest BCUT2D eigenvalue weighted by atomic mass is 9.95. The maximum absolute atomic E-state index is 9.30. The molecule has 3 heteroatoms. The molecule has 0 bridgehead atoms. The molecule has 1 saturated heterocycles. The van der Waals surface area contributed by atoms with Crippen molar-refractivity contribution >= 4 is 0 Å². The highest BCUT2D eigenvalue weighted by molar-refractivity contribution is 5.04. The van der Waals surface area contributed by atoms with Crippen LogP contribution in [-0.2, 0) is 0 Å².